The second kappa shape index (κ2) is 7.57. The van der Waals surface area contributed by atoms with Crippen molar-refractivity contribution < 1.29 is 4.79 Å². The minimum atomic E-state index is 0.0584. The van der Waals surface area contributed by atoms with E-state index in [-0.39, 0.29) is 11.8 Å². The highest BCUT2D eigenvalue weighted by molar-refractivity contribution is 5.98. The summed E-state index contributed by atoms with van der Waals surface area (Å²) in [4.78, 5) is 17.0. The van der Waals surface area contributed by atoms with Crippen LogP contribution < -0.4 is 4.90 Å². The number of nitrogens with zero attached hydrogens (tertiary/aromatic N) is 3. The van der Waals surface area contributed by atoms with Gasteiger partial charge in [0.15, 0.2) is 0 Å². The molecule has 25 heavy (non-hydrogen) atoms. The molecule has 0 bridgehead atoms. The molecular weight excluding hydrogens is 310 g/mol. The summed E-state index contributed by atoms with van der Waals surface area (Å²) in [6.07, 6.45) is 1.98. The largest absolute Gasteiger partial charge is 0.370 e. The molecule has 2 aromatic carbocycles. The van der Waals surface area contributed by atoms with Crippen LogP contribution in [-0.4, -0.2) is 37.0 Å². The molecule has 1 atom stereocenters. The summed E-state index contributed by atoms with van der Waals surface area (Å²) in [6, 6.07) is 14.3. The summed E-state index contributed by atoms with van der Waals surface area (Å²) in [5, 5.41) is 11.4. The number of anilines is 1. The van der Waals surface area contributed by atoms with Gasteiger partial charge in [0.1, 0.15) is 0 Å². The molecule has 4 heteroatoms. The van der Waals surface area contributed by atoms with Gasteiger partial charge in [0.2, 0.25) is 5.91 Å². The molecule has 1 aliphatic rings. The number of fused-ring (bicyclic) bond motifs is 1. The van der Waals surface area contributed by atoms with Crippen LogP contribution in [0.25, 0.3) is 10.8 Å². The summed E-state index contributed by atoms with van der Waals surface area (Å²) in [7, 11) is 0. The molecule has 2 aromatic rings. The number of hydrogen-bond acceptors (Lipinski definition) is 3. The maximum absolute atomic E-state index is 12.8. The van der Waals surface area contributed by atoms with Gasteiger partial charge in [-0.1, -0.05) is 24.3 Å². The number of carbonyl (C=O) groups excluding carboxylic acids is 1. The zero-order valence-electron chi connectivity index (χ0n) is 15.0. The lowest BCUT2D eigenvalue weighted by Crippen LogP contribution is -2.45. The molecule has 0 aliphatic carbocycles. The molecule has 4 nitrogen and oxygen atoms in total. The van der Waals surface area contributed by atoms with Crippen LogP contribution in [0.5, 0.6) is 0 Å². The zero-order valence-corrected chi connectivity index (χ0v) is 15.0. The SMILES string of the molecule is CCN(CC)C(=O)C1CCCN(c2ccc(C#N)c3ccccc23)C1. The Morgan fingerprint density at radius 2 is 1.92 bits per heavy atom. The van der Waals surface area contributed by atoms with Crippen LogP contribution in [0, 0.1) is 17.2 Å². The minimum Gasteiger partial charge on any atom is -0.370 e. The Labute approximate surface area is 149 Å². The summed E-state index contributed by atoms with van der Waals surface area (Å²) >= 11 is 0. The van der Waals surface area contributed by atoms with Crippen molar-refractivity contribution in [2.75, 3.05) is 31.1 Å². The molecule has 1 saturated heterocycles. The molecule has 1 fully saturated rings. The highest BCUT2D eigenvalue weighted by atomic mass is 16.2. The first-order valence-corrected chi connectivity index (χ1v) is 9.15. The average Bonchev–Trinajstić information content (AvgIpc) is 2.68. The maximum Gasteiger partial charge on any atom is 0.227 e. The predicted molar refractivity (Wildman–Crippen MR) is 102 cm³/mol. The Hall–Kier alpha value is -2.54. The summed E-state index contributed by atoms with van der Waals surface area (Å²) < 4.78 is 0. The van der Waals surface area contributed by atoms with Crippen molar-refractivity contribution in [3.63, 3.8) is 0 Å². The quantitative estimate of drug-likeness (QED) is 0.854. The molecule has 0 spiro atoms. The molecule has 1 amide bonds. The van der Waals surface area contributed by atoms with E-state index in [4.69, 9.17) is 0 Å². The normalized spacial score (nSPS) is 17.3. The van der Waals surface area contributed by atoms with Crippen LogP contribution in [0.2, 0.25) is 0 Å². The monoisotopic (exact) mass is 335 g/mol. The van der Waals surface area contributed by atoms with E-state index in [1.165, 1.54) is 0 Å². The minimum absolute atomic E-state index is 0.0584. The number of carbonyl (C=O) groups is 1. The van der Waals surface area contributed by atoms with Crippen molar-refractivity contribution in [3.05, 3.63) is 42.0 Å². The van der Waals surface area contributed by atoms with Gasteiger partial charge in [0.25, 0.3) is 0 Å². The number of rotatable bonds is 4. The molecular formula is C21H25N3O. The van der Waals surface area contributed by atoms with E-state index in [2.05, 4.69) is 17.0 Å². The van der Waals surface area contributed by atoms with E-state index >= 15 is 0 Å². The molecule has 3 rings (SSSR count). The molecule has 1 unspecified atom stereocenters. The molecule has 0 radical (unpaired) electrons. The third-order valence-electron chi connectivity index (χ3n) is 5.21. The first-order valence-electron chi connectivity index (χ1n) is 9.15. The second-order valence-corrected chi connectivity index (χ2v) is 6.59. The molecule has 0 saturated carbocycles. The van der Waals surface area contributed by atoms with E-state index < -0.39 is 0 Å². The van der Waals surface area contributed by atoms with Crippen molar-refractivity contribution >= 4 is 22.4 Å². The summed E-state index contributed by atoms with van der Waals surface area (Å²) in [6.45, 7) is 7.33. The molecule has 1 aliphatic heterocycles. The van der Waals surface area contributed by atoms with E-state index in [1.54, 1.807) is 0 Å². The van der Waals surface area contributed by atoms with Gasteiger partial charge < -0.3 is 9.80 Å². The van der Waals surface area contributed by atoms with E-state index in [0.717, 1.165) is 55.5 Å². The number of amides is 1. The van der Waals surface area contributed by atoms with Gasteiger partial charge in [-0.05, 0) is 38.8 Å². The van der Waals surface area contributed by atoms with Gasteiger partial charge in [0, 0.05) is 42.6 Å². The van der Waals surface area contributed by atoms with Gasteiger partial charge in [-0.2, -0.15) is 5.26 Å². The number of hydrogen-bond donors (Lipinski definition) is 0. The van der Waals surface area contributed by atoms with Crippen molar-refractivity contribution in [1.29, 1.82) is 5.26 Å². The van der Waals surface area contributed by atoms with E-state index in [0.29, 0.717) is 5.56 Å². The van der Waals surface area contributed by atoms with Crippen LogP contribution in [0.4, 0.5) is 5.69 Å². The Morgan fingerprint density at radius 1 is 1.20 bits per heavy atom. The van der Waals surface area contributed by atoms with Crippen LogP contribution in [0.1, 0.15) is 32.3 Å². The van der Waals surface area contributed by atoms with Crippen molar-refractivity contribution in [2.24, 2.45) is 5.92 Å². The zero-order chi connectivity index (χ0) is 17.8. The molecule has 130 valence electrons. The number of benzene rings is 2. The third kappa shape index (κ3) is 3.32. The van der Waals surface area contributed by atoms with Gasteiger partial charge in [-0.3, -0.25) is 4.79 Å². The fraction of sp³-hybridized carbons (Fsp3) is 0.429. The van der Waals surface area contributed by atoms with Crippen molar-refractivity contribution in [1.82, 2.24) is 4.90 Å². The van der Waals surface area contributed by atoms with Gasteiger partial charge in [-0.15, -0.1) is 0 Å². The second-order valence-electron chi connectivity index (χ2n) is 6.59. The summed E-state index contributed by atoms with van der Waals surface area (Å²) in [5.74, 6) is 0.329. The number of nitriles is 1. The highest BCUT2D eigenvalue weighted by Crippen LogP contribution is 2.32. The predicted octanol–water partition coefficient (Wildman–Crippen LogP) is 3.80. The third-order valence-corrected chi connectivity index (χ3v) is 5.21. The molecule has 1 heterocycles. The van der Waals surface area contributed by atoms with Crippen molar-refractivity contribution in [2.45, 2.75) is 26.7 Å². The van der Waals surface area contributed by atoms with Crippen LogP contribution in [0.15, 0.2) is 36.4 Å². The van der Waals surface area contributed by atoms with Gasteiger partial charge in [0.05, 0.1) is 17.6 Å². The lowest BCUT2D eigenvalue weighted by Gasteiger charge is -2.36. The number of piperidine rings is 1. The highest BCUT2D eigenvalue weighted by Gasteiger charge is 2.29. The maximum atomic E-state index is 12.8. The fourth-order valence-corrected chi connectivity index (χ4v) is 3.85. The van der Waals surface area contributed by atoms with Crippen LogP contribution in [0.3, 0.4) is 0 Å². The smallest absolute Gasteiger partial charge is 0.227 e. The standard InChI is InChI=1S/C21H25N3O/c1-3-23(4-2)21(25)17-8-7-13-24(15-17)20-12-11-16(14-22)18-9-5-6-10-19(18)20/h5-6,9-12,17H,3-4,7-8,13,15H2,1-2H3. The lowest BCUT2D eigenvalue weighted by molar-refractivity contribution is -0.135. The first kappa shape index (κ1) is 17.3. The van der Waals surface area contributed by atoms with Crippen LogP contribution >= 0.6 is 0 Å². The Morgan fingerprint density at radius 3 is 2.60 bits per heavy atom. The first-order chi connectivity index (χ1) is 12.2. The average molecular weight is 335 g/mol. The van der Waals surface area contributed by atoms with E-state index in [9.17, 15) is 10.1 Å². The fourth-order valence-electron chi connectivity index (χ4n) is 3.85. The van der Waals surface area contributed by atoms with Gasteiger partial charge in [-0.25, -0.2) is 0 Å². The van der Waals surface area contributed by atoms with E-state index in [1.807, 2.05) is 49.1 Å². The van der Waals surface area contributed by atoms with Crippen molar-refractivity contribution in [3.8, 4) is 6.07 Å². The van der Waals surface area contributed by atoms with Gasteiger partial charge >= 0.3 is 0 Å². The Balaban J connectivity index is 1.91. The topological polar surface area (TPSA) is 47.3 Å². The molecule has 0 aromatic heterocycles. The van der Waals surface area contributed by atoms with Crippen LogP contribution in [-0.2, 0) is 4.79 Å². The lowest BCUT2D eigenvalue weighted by atomic mass is 9.94. The molecule has 0 N–H and O–H groups in total. The summed E-state index contributed by atoms with van der Waals surface area (Å²) in [5.41, 5.74) is 1.83. The Bertz CT molecular complexity index is 804. The Kier molecular flexibility index (Phi) is 5.23.